The van der Waals surface area contributed by atoms with Crippen LogP contribution in [0.1, 0.15) is 25.5 Å². The minimum atomic E-state index is 0.304. The van der Waals surface area contributed by atoms with E-state index in [-0.39, 0.29) is 0 Å². The number of nitriles is 1. The van der Waals surface area contributed by atoms with Gasteiger partial charge in [0, 0.05) is 6.04 Å². The van der Waals surface area contributed by atoms with Crippen molar-refractivity contribution in [2.75, 3.05) is 0 Å². The first kappa shape index (κ1) is 11.2. The molecule has 0 saturated carbocycles. The van der Waals surface area contributed by atoms with Crippen LogP contribution in [-0.2, 0) is 0 Å². The normalized spacial score (nSPS) is 10.2. The summed E-state index contributed by atoms with van der Waals surface area (Å²) in [5, 5.41) is 13.0. The maximum atomic E-state index is 8.78. The van der Waals surface area contributed by atoms with Crippen LogP contribution < -0.4 is 4.74 Å². The first-order chi connectivity index (χ1) is 8.19. The van der Waals surface area contributed by atoms with E-state index in [0.29, 0.717) is 23.1 Å². The van der Waals surface area contributed by atoms with Gasteiger partial charge in [0.05, 0.1) is 24.0 Å². The lowest BCUT2D eigenvalue weighted by Gasteiger charge is -2.04. The number of ether oxygens (including phenoxy) is 1. The molecule has 17 heavy (non-hydrogen) atoms. The van der Waals surface area contributed by atoms with E-state index in [4.69, 9.17) is 10.00 Å². The van der Waals surface area contributed by atoms with Crippen molar-refractivity contribution >= 4 is 0 Å². The quantitative estimate of drug-likeness (QED) is 0.809. The molecule has 1 heterocycles. The first-order valence-electron chi connectivity index (χ1n) is 5.41. The van der Waals surface area contributed by atoms with Crippen molar-refractivity contribution in [3.8, 4) is 17.6 Å². The third-order valence-electron chi connectivity index (χ3n) is 2.31. The summed E-state index contributed by atoms with van der Waals surface area (Å²) in [6.07, 6.45) is 3.50. The summed E-state index contributed by atoms with van der Waals surface area (Å²) in [6.45, 7) is 4.10. The van der Waals surface area contributed by atoms with Gasteiger partial charge in [0.2, 0.25) is 0 Å². The second-order valence-electron chi connectivity index (χ2n) is 3.99. The van der Waals surface area contributed by atoms with Gasteiger partial charge in [0.25, 0.3) is 0 Å². The maximum absolute atomic E-state index is 8.78. The largest absolute Gasteiger partial charge is 0.454 e. The Hall–Kier alpha value is -2.28. The molecule has 0 atom stereocenters. The van der Waals surface area contributed by atoms with Crippen LogP contribution in [0.3, 0.4) is 0 Å². The van der Waals surface area contributed by atoms with Crippen molar-refractivity contribution in [1.29, 1.82) is 5.26 Å². The zero-order valence-electron chi connectivity index (χ0n) is 9.79. The molecule has 0 bridgehead atoms. The molecule has 0 aliphatic heterocycles. The summed E-state index contributed by atoms with van der Waals surface area (Å²) in [7, 11) is 0. The highest BCUT2D eigenvalue weighted by Crippen LogP contribution is 2.22. The molecule has 4 heteroatoms. The Balaban J connectivity index is 2.17. The SMILES string of the molecule is CC(C)n1cc(Oc2cccc(C#N)c2)cn1. The van der Waals surface area contributed by atoms with E-state index >= 15 is 0 Å². The molecule has 0 radical (unpaired) electrons. The van der Waals surface area contributed by atoms with Gasteiger partial charge in [-0.1, -0.05) is 6.07 Å². The van der Waals surface area contributed by atoms with E-state index < -0.39 is 0 Å². The fraction of sp³-hybridized carbons (Fsp3) is 0.231. The zero-order valence-corrected chi connectivity index (χ0v) is 9.79. The Morgan fingerprint density at radius 1 is 1.35 bits per heavy atom. The van der Waals surface area contributed by atoms with Gasteiger partial charge in [-0.15, -0.1) is 0 Å². The highest BCUT2D eigenvalue weighted by atomic mass is 16.5. The summed E-state index contributed by atoms with van der Waals surface area (Å²) in [5.41, 5.74) is 0.582. The lowest BCUT2D eigenvalue weighted by atomic mass is 10.2. The van der Waals surface area contributed by atoms with Gasteiger partial charge >= 0.3 is 0 Å². The number of aromatic nitrogens is 2. The topological polar surface area (TPSA) is 50.8 Å². The maximum Gasteiger partial charge on any atom is 0.165 e. The molecule has 2 aromatic rings. The monoisotopic (exact) mass is 227 g/mol. The van der Waals surface area contributed by atoms with Crippen LogP contribution in [-0.4, -0.2) is 9.78 Å². The Morgan fingerprint density at radius 3 is 2.82 bits per heavy atom. The average molecular weight is 227 g/mol. The first-order valence-corrected chi connectivity index (χ1v) is 5.41. The van der Waals surface area contributed by atoms with E-state index in [1.54, 1.807) is 24.4 Å². The molecule has 0 N–H and O–H groups in total. The molecule has 0 amide bonds. The number of nitrogens with zero attached hydrogens (tertiary/aromatic N) is 3. The molecule has 0 aliphatic carbocycles. The van der Waals surface area contributed by atoms with Gasteiger partial charge in [-0.05, 0) is 32.0 Å². The van der Waals surface area contributed by atoms with Gasteiger partial charge in [-0.3, -0.25) is 4.68 Å². The van der Waals surface area contributed by atoms with Crippen LogP contribution in [0, 0.1) is 11.3 Å². The van der Waals surface area contributed by atoms with Crippen molar-refractivity contribution in [1.82, 2.24) is 9.78 Å². The highest BCUT2D eigenvalue weighted by molar-refractivity contribution is 5.38. The molecular weight excluding hydrogens is 214 g/mol. The van der Waals surface area contributed by atoms with E-state index in [0.717, 1.165) is 0 Å². The smallest absolute Gasteiger partial charge is 0.165 e. The van der Waals surface area contributed by atoms with Crippen LogP contribution in [0.15, 0.2) is 36.7 Å². The van der Waals surface area contributed by atoms with Crippen LogP contribution in [0.25, 0.3) is 0 Å². The second-order valence-corrected chi connectivity index (χ2v) is 3.99. The van der Waals surface area contributed by atoms with Gasteiger partial charge in [0.1, 0.15) is 5.75 Å². The van der Waals surface area contributed by atoms with Crippen LogP contribution in [0.2, 0.25) is 0 Å². The lowest BCUT2D eigenvalue weighted by Crippen LogP contribution is -1.99. The van der Waals surface area contributed by atoms with E-state index in [1.165, 1.54) is 0 Å². The Bertz CT molecular complexity index is 552. The molecule has 86 valence electrons. The number of rotatable bonds is 3. The van der Waals surface area contributed by atoms with Crippen LogP contribution in [0.5, 0.6) is 11.5 Å². The molecule has 0 fully saturated rings. The Morgan fingerprint density at radius 2 is 2.18 bits per heavy atom. The second kappa shape index (κ2) is 4.71. The summed E-state index contributed by atoms with van der Waals surface area (Å²) < 4.78 is 7.44. The van der Waals surface area contributed by atoms with Crippen molar-refractivity contribution in [3.63, 3.8) is 0 Å². The van der Waals surface area contributed by atoms with E-state index in [2.05, 4.69) is 11.2 Å². The standard InChI is InChI=1S/C13H13N3O/c1-10(2)16-9-13(8-15-16)17-12-5-3-4-11(6-12)7-14/h3-6,8-10H,1-2H3. The molecule has 0 saturated heterocycles. The summed E-state index contributed by atoms with van der Waals surface area (Å²) in [4.78, 5) is 0. The van der Waals surface area contributed by atoms with Gasteiger partial charge < -0.3 is 4.74 Å². The highest BCUT2D eigenvalue weighted by Gasteiger charge is 2.04. The number of benzene rings is 1. The van der Waals surface area contributed by atoms with Gasteiger partial charge in [-0.2, -0.15) is 10.4 Å². The molecule has 0 spiro atoms. The molecule has 0 unspecified atom stereocenters. The summed E-state index contributed by atoms with van der Waals surface area (Å²) >= 11 is 0. The minimum absolute atomic E-state index is 0.304. The molecular formula is C13H13N3O. The van der Waals surface area contributed by atoms with Crippen LogP contribution >= 0.6 is 0 Å². The predicted molar refractivity (Wildman–Crippen MR) is 63.8 cm³/mol. The summed E-state index contributed by atoms with van der Waals surface area (Å²) in [6, 6.07) is 9.43. The minimum Gasteiger partial charge on any atom is -0.454 e. The van der Waals surface area contributed by atoms with E-state index in [1.807, 2.05) is 30.8 Å². The van der Waals surface area contributed by atoms with Crippen molar-refractivity contribution < 1.29 is 4.74 Å². The molecule has 2 rings (SSSR count). The zero-order chi connectivity index (χ0) is 12.3. The Kier molecular flexibility index (Phi) is 3.10. The van der Waals surface area contributed by atoms with Gasteiger partial charge in [-0.25, -0.2) is 0 Å². The Labute approximate surface area is 100 Å². The van der Waals surface area contributed by atoms with E-state index in [9.17, 15) is 0 Å². The third-order valence-corrected chi connectivity index (χ3v) is 2.31. The predicted octanol–water partition coefficient (Wildman–Crippen LogP) is 3.13. The fourth-order valence-corrected chi connectivity index (χ4v) is 1.42. The van der Waals surface area contributed by atoms with Crippen LogP contribution in [0.4, 0.5) is 0 Å². The van der Waals surface area contributed by atoms with Gasteiger partial charge in [0.15, 0.2) is 5.75 Å². The average Bonchev–Trinajstić information content (AvgIpc) is 2.78. The molecule has 1 aromatic carbocycles. The molecule has 4 nitrogen and oxygen atoms in total. The molecule has 0 aliphatic rings. The fourth-order valence-electron chi connectivity index (χ4n) is 1.42. The lowest BCUT2D eigenvalue weighted by molar-refractivity contribution is 0.477. The summed E-state index contributed by atoms with van der Waals surface area (Å²) in [5.74, 6) is 1.32. The number of hydrogen-bond donors (Lipinski definition) is 0. The van der Waals surface area contributed by atoms with Crippen molar-refractivity contribution in [2.45, 2.75) is 19.9 Å². The van der Waals surface area contributed by atoms with Crippen molar-refractivity contribution in [3.05, 3.63) is 42.2 Å². The number of hydrogen-bond acceptors (Lipinski definition) is 3. The molecule has 1 aromatic heterocycles. The third kappa shape index (κ3) is 2.64. The van der Waals surface area contributed by atoms with Crippen molar-refractivity contribution in [2.24, 2.45) is 0 Å².